The van der Waals surface area contributed by atoms with Gasteiger partial charge in [-0.05, 0) is 33.3 Å². The first-order valence-electron chi connectivity index (χ1n) is 11.1. The molecule has 0 bridgehead atoms. The molecule has 1 aliphatic heterocycles. The van der Waals surface area contributed by atoms with Gasteiger partial charge in [-0.15, -0.1) is 0 Å². The van der Waals surface area contributed by atoms with Crippen molar-refractivity contribution in [1.29, 1.82) is 0 Å². The molecule has 0 saturated carbocycles. The van der Waals surface area contributed by atoms with Crippen LogP contribution in [0.3, 0.4) is 0 Å². The highest BCUT2D eigenvalue weighted by Crippen LogP contribution is 2.27. The quantitative estimate of drug-likeness (QED) is 0.621. The topological polar surface area (TPSA) is 74.5 Å². The van der Waals surface area contributed by atoms with Crippen LogP contribution in [-0.4, -0.2) is 74.9 Å². The third kappa shape index (κ3) is 4.62. The minimum Gasteiger partial charge on any atom is -0.395 e. The zero-order chi connectivity index (χ0) is 22.8. The molecule has 0 atom stereocenters. The van der Waals surface area contributed by atoms with E-state index in [9.17, 15) is 4.79 Å². The number of aliphatic hydroxyl groups is 1. The van der Waals surface area contributed by atoms with Gasteiger partial charge in [-0.1, -0.05) is 41.2 Å². The molecule has 0 radical (unpaired) electrons. The van der Waals surface area contributed by atoms with Crippen molar-refractivity contribution < 1.29 is 9.90 Å². The second-order valence-electron chi connectivity index (χ2n) is 8.49. The number of carbonyl (C=O) groups is 1. The number of benzene rings is 1. The number of aliphatic hydroxyl groups excluding tert-OH is 1. The number of piperazine rings is 1. The van der Waals surface area contributed by atoms with Crippen molar-refractivity contribution >= 4 is 17.2 Å². The van der Waals surface area contributed by atoms with Crippen molar-refractivity contribution in [2.24, 2.45) is 0 Å². The number of nitrogens with zero attached hydrogens (tertiary/aromatic N) is 5. The predicted molar refractivity (Wildman–Crippen MR) is 127 cm³/mol. The first kappa shape index (κ1) is 22.6. The van der Waals surface area contributed by atoms with E-state index < -0.39 is 0 Å². The lowest BCUT2D eigenvalue weighted by atomic mass is 10.0. The Balaban J connectivity index is 1.54. The molecule has 8 heteroatoms. The summed E-state index contributed by atoms with van der Waals surface area (Å²) in [4.78, 5) is 22.6. The van der Waals surface area contributed by atoms with Crippen LogP contribution in [0.2, 0.25) is 0 Å². The Morgan fingerprint density at radius 3 is 2.38 bits per heavy atom. The molecule has 3 aromatic rings. The fourth-order valence-electron chi connectivity index (χ4n) is 4.16. The number of rotatable bonds is 6. The van der Waals surface area contributed by atoms with Crippen molar-refractivity contribution in [3.8, 4) is 5.13 Å². The average Bonchev–Trinajstić information content (AvgIpc) is 3.30. The van der Waals surface area contributed by atoms with Crippen molar-refractivity contribution in [2.75, 3.05) is 39.3 Å². The number of β-amino-alcohol motifs (C(OH)–C–C–N with tert-alkyl or cyclic N) is 1. The summed E-state index contributed by atoms with van der Waals surface area (Å²) in [5.74, 6) is 0.0382. The molecule has 3 heterocycles. The fraction of sp³-hybridized carbons (Fsp3) is 0.458. The van der Waals surface area contributed by atoms with Crippen LogP contribution in [0.1, 0.15) is 43.4 Å². The maximum absolute atomic E-state index is 13.2. The second-order valence-corrected chi connectivity index (χ2v) is 9.47. The summed E-state index contributed by atoms with van der Waals surface area (Å²) in [6.07, 6.45) is 0.826. The zero-order valence-corrected chi connectivity index (χ0v) is 20.1. The maximum atomic E-state index is 13.2. The Hall–Kier alpha value is -2.55. The van der Waals surface area contributed by atoms with Crippen molar-refractivity contribution in [3.05, 3.63) is 62.9 Å². The SMILES string of the molecule is Cc1ccc(Cc2c(C)nn(-c3nc(C)c(C(=O)N4CCN(CCO)CC4)s3)c2C)cc1. The normalized spacial score (nSPS) is 14.8. The van der Waals surface area contributed by atoms with Gasteiger partial charge in [0.05, 0.1) is 18.0 Å². The van der Waals surface area contributed by atoms with E-state index in [2.05, 4.69) is 43.0 Å². The van der Waals surface area contributed by atoms with Gasteiger partial charge in [0.1, 0.15) is 4.88 Å². The summed E-state index contributed by atoms with van der Waals surface area (Å²) in [7, 11) is 0. The van der Waals surface area contributed by atoms with Gasteiger partial charge in [0, 0.05) is 50.4 Å². The fourth-order valence-corrected chi connectivity index (χ4v) is 5.20. The first-order valence-corrected chi connectivity index (χ1v) is 11.9. The molecular formula is C24H31N5O2S. The van der Waals surface area contributed by atoms with E-state index in [1.807, 2.05) is 23.4 Å². The molecule has 7 nitrogen and oxygen atoms in total. The number of hydrogen-bond acceptors (Lipinski definition) is 6. The molecule has 1 amide bonds. The lowest BCUT2D eigenvalue weighted by molar-refractivity contribution is 0.0618. The van der Waals surface area contributed by atoms with Gasteiger partial charge in [-0.3, -0.25) is 9.69 Å². The van der Waals surface area contributed by atoms with Crippen molar-refractivity contribution in [3.63, 3.8) is 0 Å². The number of hydrogen-bond donors (Lipinski definition) is 1. The van der Waals surface area contributed by atoms with E-state index >= 15 is 0 Å². The maximum Gasteiger partial charge on any atom is 0.266 e. The van der Waals surface area contributed by atoms with Gasteiger partial charge in [0.25, 0.3) is 5.91 Å². The number of aryl methyl sites for hydroxylation is 3. The smallest absolute Gasteiger partial charge is 0.266 e. The number of amides is 1. The van der Waals surface area contributed by atoms with E-state index in [1.54, 1.807) is 0 Å². The van der Waals surface area contributed by atoms with Crippen LogP contribution in [0.4, 0.5) is 0 Å². The predicted octanol–water partition coefficient (Wildman–Crippen LogP) is 2.90. The third-order valence-corrected chi connectivity index (χ3v) is 7.30. The van der Waals surface area contributed by atoms with Crippen LogP contribution >= 0.6 is 11.3 Å². The molecule has 32 heavy (non-hydrogen) atoms. The van der Waals surface area contributed by atoms with Gasteiger partial charge in [0.15, 0.2) is 0 Å². The molecule has 0 spiro atoms. The Morgan fingerprint density at radius 1 is 1.03 bits per heavy atom. The molecule has 1 N–H and O–H groups in total. The van der Waals surface area contributed by atoms with Gasteiger partial charge < -0.3 is 10.0 Å². The summed E-state index contributed by atoms with van der Waals surface area (Å²) < 4.78 is 1.88. The Kier molecular flexibility index (Phi) is 6.74. The van der Waals surface area contributed by atoms with E-state index in [-0.39, 0.29) is 12.5 Å². The van der Waals surface area contributed by atoms with Crippen molar-refractivity contribution in [1.82, 2.24) is 24.6 Å². The average molecular weight is 454 g/mol. The lowest BCUT2D eigenvalue weighted by Gasteiger charge is -2.34. The number of carbonyl (C=O) groups excluding carboxylic acids is 1. The van der Waals surface area contributed by atoms with Crippen LogP contribution in [0.5, 0.6) is 0 Å². The first-order chi connectivity index (χ1) is 15.4. The number of aromatic nitrogens is 3. The Labute approximate surface area is 193 Å². The van der Waals surface area contributed by atoms with E-state index in [1.165, 1.54) is 28.0 Å². The molecular weight excluding hydrogens is 422 g/mol. The summed E-state index contributed by atoms with van der Waals surface area (Å²) in [6.45, 7) is 11.8. The summed E-state index contributed by atoms with van der Waals surface area (Å²) >= 11 is 1.41. The van der Waals surface area contributed by atoms with Crippen LogP contribution < -0.4 is 0 Å². The van der Waals surface area contributed by atoms with E-state index in [0.717, 1.165) is 41.7 Å². The van der Waals surface area contributed by atoms with Crippen LogP contribution in [-0.2, 0) is 6.42 Å². The molecule has 4 rings (SSSR count). The third-order valence-electron chi connectivity index (χ3n) is 6.18. The number of thiazole rings is 1. The molecule has 1 fully saturated rings. The molecule has 0 aliphatic carbocycles. The highest BCUT2D eigenvalue weighted by Gasteiger charge is 2.26. The summed E-state index contributed by atoms with van der Waals surface area (Å²) in [6, 6.07) is 8.60. The van der Waals surface area contributed by atoms with E-state index in [4.69, 9.17) is 15.2 Å². The zero-order valence-electron chi connectivity index (χ0n) is 19.3. The Bertz CT molecular complexity index is 1090. The summed E-state index contributed by atoms with van der Waals surface area (Å²) in [5.41, 5.74) is 6.52. The molecule has 1 aliphatic rings. The Morgan fingerprint density at radius 2 is 1.72 bits per heavy atom. The van der Waals surface area contributed by atoms with E-state index in [0.29, 0.717) is 24.5 Å². The van der Waals surface area contributed by atoms with Gasteiger partial charge in [-0.2, -0.15) is 5.10 Å². The van der Waals surface area contributed by atoms with Crippen LogP contribution in [0, 0.1) is 27.7 Å². The van der Waals surface area contributed by atoms with Crippen molar-refractivity contribution in [2.45, 2.75) is 34.1 Å². The van der Waals surface area contributed by atoms with Gasteiger partial charge in [-0.25, -0.2) is 9.67 Å². The monoisotopic (exact) mass is 453 g/mol. The van der Waals surface area contributed by atoms with Gasteiger partial charge >= 0.3 is 0 Å². The second kappa shape index (κ2) is 9.52. The summed E-state index contributed by atoms with van der Waals surface area (Å²) in [5, 5.41) is 14.6. The minimum absolute atomic E-state index is 0.0382. The van der Waals surface area contributed by atoms with Crippen LogP contribution in [0.15, 0.2) is 24.3 Å². The highest BCUT2D eigenvalue weighted by molar-refractivity contribution is 7.16. The van der Waals surface area contributed by atoms with Crippen LogP contribution in [0.25, 0.3) is 5.13 Å². The molecule has 1 saturated heterocycles. The lowest BCUT2D eigenvalue weighted by Crippen LogP contribution is -2.49. The molecule has 1 aromatic carbocycles. The highest BCUT2D eigenvalue weighted by atomic mass is 32.1. The molecule has 0 unspecified atom stereocenters. The largest absolute Gasteiger partial charge is 0.395 e. The minimum atomic E-state index is 0.0382. The molecule has 170 valence electrons. The molecule has 2 aromatic heterocycles. The standard InChI is InChI=1S/C24H31N5O2S/c1-16-5-7-20(8-6-16)15-21-17(2)26-29(19(21)4)24-25-18(3)22(32-24)23(31)28-11-9-27(10-12-28)13-14-30/h5-8,30H,9-15H2,1-4H3. The van der Waals surface area contributed by atoms with Gasteiger partial charge in [0.2, 0.25) is 5.13 Å².